The number of carbonyl (C=O) groups excluding carboxylic acids is 1. The number of rotatable bonds is 5. The number of fused-ring (bicyclic) bond motifs is 1. The van der Waals surface area contributed by atoms with Crippen molar-refractivity contribution >= 4 is 51.5 Å². The summed E-state index contributed by atoms with van der Waals surface area (Å²) in [6, 6.07) is 5.39. The molecular formula is C15H17N3O5S3. The van der Waals surface area contributed by atoms with E-state index >= 15 is 0 Å². The Morgan fingerprint density at radius 3 is 2.54 bits per heavy atom. The maximum atomic E-state index is 12.2. The zero-order chi connectivity index (χ0) is 19.3. The molecule has 2 saturated heterocycles. The summed E-state index contributed by atoms with van der Waals surface area (Å²) >= 11 is 1.87. The van der Waals surface area contributed by atoms with E-state index in [1.807, 2.05) is 6.92 Å². The number of aliphatic carboxylic acids is 1. The van der Waals surface area contributed by atoms with Crippen LogP contribution in [0, 0.1) is 6.92 Å². The van der Waals surface area contributed by atoms with Crippen LogP contribution in [0.2, 0.25) is 0 Å². The number of nitrogens with one attached hydrogen (secondary N) is 1. The molecular weight excluding hydrogens is 398 g/mol. The minimum absolute atomic E-state index is 0.0969. The van der Waals surface area contributed by atoms with Gasteiger partial charge in [0.15, 0.2) is 0 Å². The predicted octanol–water partition coefficient (Wildman–Crippen LogP) is 1.42. The molecule has 140 valence electrons. The van der Waals surface area contributed by atoms with Crippen molar-refractivity contribution in [3.8, 4) is 0 Å². The molecule has 2 aliphatic rings. The number of carboxylic acids is 1. The van der Waals surface area contributed by atoms with Gasteiger partial charge in [-0.2, -0.15) is 4.40 Å². The van der Waals surface area contributed by atoms with Gasteiger partial charge in [0.2, 0.25) is 0 Å². The number of β-lactam (4-membered cyclic amide) rings is 1. The van der Waals surface area contributed by atoms with Crippen molar-refractivity contribution in [2.45, 2.75) is 41.8 Å². The molecule has 1 aromatic rings. The molecule has 2 heterocycles. The fraction of sp³-hybridized carbons (Fsp3) is 0.400. The summed E-state index contributed by atoms with van der Waals surface area (Å²) < 4.78 is 30.0. The van der Waals surface area contributed by atoms with Crippen molar-refractivity contribution in [3.05, 3.63) is 29.8 Å². The van der Waals surface area contributed by atoms with Crippen LogP contribution in [0.25, 0.3) is 0 Å². The maximum absolute atomic E-state index is 12.2. The van der Waals surface area contributed by atoms with Crippen LogP contribution in [-0.4, -0.2) is 52.2 Å². The molecule has 1 aromatic carbocycles. The second kappa shape index (κ2) is 6.55. The fourth-order valence-electron chi connectivity index (χ4n) is 2.85. The summed E-state index contributed by atoms with van der Waals surface area (Å²) in [5.74, 6) is -1.55. The number of carbonyl (C=O) groups is 2. The second-order valence-corrected chi connectivity index (χ2v) is 10.7. The molecule has 2 fully saturated rings. The number of hydrogen-bond donors (Lipinski definition) is 2. The summed E-state index contributed by atoms with van der Waals surface area (Å²) in [6.07, 6.45) is 0. The molecule has 0 aliphatic carbocycles. The van der Waals surface area contributed by atoms with Crippen LogP contribution in [-0.2, 0) is 19.6 Å². The minimum Gasteiger partial charge on any atom is -0.480 e. The summed E-state index contributed by atoms with van der Waals surface area (Å²) in [4.78, 5) is 25.1. The number of nitrogens with zero attached hydrogens (tertiary/aromatic N) is 2. The first-order chi connectivity index (χ1) is 12.0. The van der Waals surface area contributed by atoms with Crippen LogP contribution in [0.1, 0.15) is 19.4 Å². The van der Waals surface area contributed by atoms with Crippen molar-refractivity contribution in [1.82, 2.24) is 9.03 Å². The van der Waals surface area contributed by atoms with Gasteiger partial charge >= 0.3 is 5.97 Å². The molecule has 0 spiro atoms. The highest BCUT2D eigenvalue weighted by Gasteiger charge is 2.62. The smallest absolute Gasteiger partial charge is 0.327 e. The number of carboxylic acid groups (broad SMARTS) is 1. The van der Waals surface area contributed by atoms with Gasteiger partial charge < -0.3 is 10.0 Å². The molecule has 2 atom stereocenters. The monoisotopic (exact) mass is 415 g/mol. The summed E-state index contributed by atoms with van der Waals surface area (Å²) in [5, 5.41) is 8.88. The molecule has 3 rings (SSSR count). The maximum Gasteiger partial charge on any atom is 0.327 e. The molecule has 26 heavy (non-hydrogen) atoms. The summed E-state index contributed by atoms with van der Waals surface area (Å²) in [7, 11) is -3.76. The van der Waals surface area contributed by atoms with E-state index in [0.717, 1.165) is 5.56 Å². The lowest BCUT2D eigenvalue weighted by atomic mass is 9.98. The molecule has 2 aliphatic heterocycles. The quantitative estimate of drug-likeness (QED) is 0.552. The van der Waals surface area contributed by atoms with Gasteiger partial charge in [0, 0.05) is 4.75 Å². The van der Waals surface area contributed by atoms with Gasteiger partial charge in [-0.15, -0.1) is 15.9 Å². The van der Waals surface area contributed by atoms with Gasteiger partial charge in [-0.25, -0.2) is 13.2 Å². The highest BCUT2D eigenvalue weighted by Crippen LogP contribution is 2.49. The Balaban J connectivity index is 1.70. The van der Waals surface area contributed by atoms with Gasteiger partial charge in [-0.05, 0) is 32.9 Å². The summed E-state index contributed by atoms with van der Waals surface area (Å²) in [5.41, 5.74) is 1.09. The number of thioether (sulfide) groups is 1. The fourth-order valence-corrected chi connectivity index (χ4v) is 6.12. The first kappa shape index (κ1) is 19.2. The SMILES string of the molecule is Cc1ccc(S(=O)(=O)NSN=C2C(=O)N3[C@@H]2SC(C)(C)[C@@H]3C(=O)O)cc1. The third-order valence-electron chi connectivity index (χ3n) is 4.15. The Morgan fingerprint density at radius 2 is 1.96 bits per heavy atom. The zero-order valence-corrected chi connectivity index (χ0v) is 16.6. The van der Waals surface area contributed by atoms with Crippen LogP contribution >= 0.6 is 23.9 Å². The van der Waals surface area contributed by atoms with Gasteiger partial charge in [0.05, 0.1) is 17.0 Å². The van der Waals surface area contributed by atoms with E-state index in [1.54, 1.807) is 26.0 Å². The van der Waals surface area contributed by atoms with Crippen LogP contribution in [0.15, 0.2) is 33.6 Å². The van der Waals surface area contributed by atoms with Crippen molar-refractivity contribution in [3.63, 3.8) is 0 Å². The van der Waals surface area contributed by atoms with Gasteiger partial charge in [0.1, 0.15) is 17.1 Å². The lowest BCUT2D eigenvalue weighted by molar-refractivity contribution is -0.150. The molecule has 0 unspecified atom stereocenters. The second-order valence-electron chi connectivity index (χ2n) is 6.49. The van der Waals surface area contributed by atoms with Gasteiger partial charge in [-0.3, -0.25) is 4.79 Å². The molecule has 1 amide bonds. The Morgan fingerprint density at radius 1 is 1.35 bits per heavy atom. The molecule has 0 aromatic heterocycles. The van der Waals surface area contributed by atoms with E-state index in [4.69, 9.17) is 0 Å². The third kappa shape index (κ3) is 3.24. The largest absolute Gasteiger partial charge is 0.480 e. The number of sulfonamides is 1. The van der Waals surface area contributed by atoms with E-state index in [2.05, 4.69) is 8.53 Å². The predicted molar refractivity (Wildman–Crippen MR) is 100 cm³/mol. The standard InChI is InChI=1S/C15H17N3O5S3/c1-8-4-6-9(7-5-8)26(22,23)17-25-16-10-12(19)18-11(14(20)21)15(2,3)24-13(10)18/h4-7,11,13,17H,1-3H3,(H,20,21)/t11-,13+/m0/s1. The van der Waals surface area contributed by atoms with Crippen molar-refractivity contribution < 1.29 is 23.1 Å². The molecule has 8 nitrogen and oxygen atoms in total. The third-order valence-corrected chi connectivity index (χ3v) is 8.01. The van der Waals surface area contributed by atoms with Crippen LogP contribution in [0.4, 0.5) is 0 Å². The Bertz CT molecular complexity index is 896. The molecule has 11 heteroatoms. The molecule has 0 saturated carbocycles. The molecule has 0 radical (unpaired) electrons. The van der Waals surface area contributed by atoms with Crippen molar-refractivity contribution in [2.75, 3.05) is 0 Å². The number of aryl methyl sites for hydroxylation is 1. The summed E-state index contributed by atoms with van der Waals surface area (Å²) in [6.45, 7) is 5.36. The Labute approximate surface area is 159 Å². The normalized spacial score (nSPS) is 25.9. The average molecular weight is 416 g/mol. The Kier molecular flexibility index (Phi) is 4.84. The van der Waals surface area contributed by atoms with Crippen LogP contribution in [0.5, 0.6) is 0 Å². The van der Waals surface area contributed by atoms with E-state index < -0.39 is 38.1 Å². The van der Waals surface area contributed by atoms with Gasteiger partial charge in [0.25, 0.3) is 15.9 Å². The first-order valence-corrected chi connectivity index (χ1v) is 10.7. The van der Waals surface area contributed by atoms with Crippen molar-refractivity contribution in [1.29, 1.82) is 0 Å². The van der Waals surface area contributed by atoms with Gasteiger partial charge in [-0.1, -0.05) is 17.7 Å². The van der Waals surface area contributed by atoms with E-state index in [-0.39, 0.29) is 10.6 Å². The minimum atomic E-state index is -3.76. The Hall–Kier alpha value is -1.56. The molecule has 2 N–H and O–H groups in total. The topological polar surface area (TPSA) is 116 Å². The van der Waals surface area contributed by atoms with Crippen LogP contribution < -0.4 is 4.13 Å². The number of amides is 1. The zero-order valence-electron chi connectivity index (χ0n) is 14.2. The average Bonchev–Trinajstić information content (AvgIpc) is 2.80. The lowest BCUT2D eigenvalue weighted by Crippen LogP contribution is -2.63. The van der Waals surface area contributed by atoms with E-state index in [1.165, 1.54) is 28.8 Å². The lowest BCUT2D eigenvalue weighted by Gasteiger charge is -2.37. The van der Waals surface area contributed by atoms with Crippen molar-refractivity contribution in [2.24, 2.45) is 4.40 Å². The van der Waals surface area contributed by atoms with Crippen LogP contribution in [0.3, 0.4) is 0 Å². The number of hydrogen-bond acceptors (Lipinski definition) is 7. The van der Waals surface area contributed by atoms with E-state index in [9.17, 15) is 23.1 Å². The highest BCUT2D eigenvalue weighted by molar-refractivity contribution is 8.08. The highest BCUT2D eigenvalue weighted by atomic mass is 32.3. The number of benzene rings is 1. The first-order valence-electron chi connectivity index (χ1n) is 7.60. The molecule has 0 bridgehead atoms. The van der Waals surface area contributed by atoms with E-state index in [0.29, 0.717) is 12.1 Å².